The molecule has 0 heterocycles. The number of sulfonamides is 1. The number of ether oxygens (including phenoxy) is 1. The highest BCUT2D eigenvalue weighted by atomic mass is 32.2. The van der Waals surface area contributed by atoms with Crippen molar-refractivity contribution in [3.63, 3.8) is 0 Å². The SMILES string of the molecule is CCCNS(=O)(=O)c1ccc(-c2cccc(C(=O)OCC)c2)cc1. The van der Waals surface area contributed by atoms with Gasteiger partial charge in [0, 0.05) is 6.54 Å². The van der Waals surface area contributed by atoms with Gasteiger partial charge < -0.3 is 4.74 Å². The lowest BCUT2D eigenvalue weighted by atomic mass is 10.0. The van der Waals surface area contributed by atoms with E-state index < -0.39 is 10.0 Å². The van der Waals surface area contributed by atoms with E-state index in [4.69, 9.17) is 4.74 Å². The third-order valence-corrected chi connectivity index (χ3v) is 4.89. The van der Waals surface area contributed by atoms with E-state index in [-0.39, 0.29) is 10.9 Å². The van der Waals surface area contributed by atoms with Gasteiger partial charge >= 0.3 is 5.97 Å². The number of esters is 1. The maximum atomic E-state index is 12.1. The summed E-state index contributed by atoms with van der Waals surface area (Å²) in [6.07, 6.45) is 0.734. The maximum absolute atomic E-state index is 12.1. The summed E-state index contributed by atoms with van der Waals surface area (Å²) < 4.78 is 31.7. The molecule has 0 bridgehead atoms. The van der Waals surface area contributed by atoms with Gasteiger partial charge in [-0.15, -0.1) is 0 Å². The number of carbonyl (C=O) groups is 1. The van der Waals surface area contributed by atoms with Crippen molar-refractivity contribution in [1.82, 2.24) is 4.72 Å². The largest absolute Gasteiger partial charge is 0.462 e. The molecule has 0 radical (unpaired) electrons. The van der Waals surface area contributed by atoms with Gasteiger partial charge in [0.25, 0.3) is 0 Å². The van der Waals surface area contributed by atoms with Crippen molar-refractivity contribution < 1.29 is 17.9 Å². The fraction of sp³-hybridized carbons (Fsp3) is 0.278. The highest BCUT2D eigenvalue weighted by Crippen LogP contribution is 2.22. The average Bonchev–Trinajstić information content (AvgIpc) is 2.60. The third-order valence-electron chi connectivity index (χ3n) is 3.41. The molecule has 0 aliphatic carbocycles. The van der Waals surface area contributed by atoms with Gasteiger partial charge in [0.1, 0.15) is 0 Å². The van der Waals surface area contributed by atoms with Crippen molar-refractivity contribution in [3.8, 4) is 11.1 Å². The van der Waals surface area contributed by atoms with Crippen LogP contribution in [0.5, 0.6) is 0 Å². The summed E-state index contributed by atoms with van der Waals surface area (Å²) in [5, 5.41) is 0. The predicted molar refractivity (Wildman–Crippen MR) is 93.3 cm³/mol. The second kappa shape index (κ2) is 8.08. The summed E-state index contributed by atoms with van der Waals surface area (Å²) in [7, 11) is -3.47. The van der Waals surface area contributed by atoms with Gasteiger partial charge in [-0.25, -0.2) is 17.9 Å². The molecule has 5 nitrogen and oxygen atoms in total. The van der Waals surface area contributed by atoms with Crippen LogP contribution in [0.1, 0.15) is 30.6 Å². The average molecular weight is 347 g/mol. The van der Waals surface area contributed by atoms with E-state index in [2.05, 4.69) is 4.72 Å². The van der Waals surface area contributed by atoms with Crippen LogP contribution in [-0.2, 0) is 14.8 Å². The molecule has 0 amide bonds. The van der Waals surface area contributed by atoms with E-state index in [1.54, 1.807) is 49.4 Å². The standard InChI is InChI=1S/C18H21NO4S/c1-3-12-19-24(21,22)17-10-8-14(9-11-17)15-6-5-7-16(13-15)18(20)23-4-2/h5-11,13,19H,3-4,12H2,1-2H3. The zero-order valence-electron chi connectivity index (χ0n) is 13.8. The van der Waals surface area contributed by atoms with E-state index in [1.165, 1.54) is 0 Å². The van der Waals surface area contributed by atoms with Crippen molar-refractivity contribution in [2.24, 2.45) is 0 Å². The van der Waals surface area contributed by atoms with Gasteiger partial charge in [0.15, 0.2) is 0 Å². The Labute approximate surface area is 142 Å². The first-order valence-electron chi connectivity index (χ1n) is 7.85. The zero-order valence-corrected chi connectivity index (χ0v) is 14.6. The summed E-state index contributed by atoms with van der Waals surface area (Å²) in [5.41, 5.74) is 2.12. The molecule has 2 rings (SSSR count). The summed E-state index contributed by atoms with van der Waals surface area (Å²) in [5.74, 6) is -0.373. The van der Waals surface area contributed by atoms with Crippen molar-refractivity contribution in [1.29, 1.82) is 0 Å². The summed E-state index contributed by atoms with van der Waals surface area (Å²) >= 11 is 0. The van der Waals surface area contributed by atoms with E-state index in [9.17, 15) is 13.2 Å². The van der Waals surface area contributed by atoms with Gasteiger partial charge in [-0.3, -0.25) is 0 Å². The molecule has 24 heavy (non-hydrogen) atoms. The van der Waals surface area contributed by atoms with Gasteiger partial charge in [-0.2, -0.15) is 0 Å². The smallest absolute Gasteiger partial charge is 0.338 e. The van der Waals surface area contributed by atoms with E-state index in [0.717, 1.165) is 17.5 Å². The topological polar surface area (TPSA) is 72.5 Å². The van der Waals surface area contributed by atoms with Crippen LogP contribution in [0.15, 0.2) is 53.4 Å². The molecular weight excluding hydrogens is 326 g/mol. The number of rotatable bonds is 7. The first kappa shape index (κ1) is 18.2. The molecule has 0 unspecified atom stereocenters. The van der Waals surface area contributed by atoms with Gasteiger partial charge in [0.2, 0.25) is 10.0 Å². The summed E-state index contributed by atoms with van der Waals surface area (Å²) in [4.78, 5) is 12.0. The van der Waals surface area contributed by atoms with Gasteiger partial charge in [0.05, 0.1) is 17.1 Å². The second-order valence-electron chi connectivity index (χ2n) is 5.22. The Balaban J connectivity index is 2.25. The summed E-state index contributed by atoms with van der Waals surface area (Å²) in [6.45, 7) is 4.39. The Bertz CT molecular complexity index is 798. The minimum Gasteiger partial charge on any atom is -0.462 e. The number of benzene rings is 2. The number of hydrogen-bond donors (Lipinski definition) is 1. The van der Waals surface area contributed by atoms with Crippen LogP contribution >= 0.6 is 0 Å². The Morgan fingerprint density at radius 2 is 1.75 bits per heavy atom. The third kappa shape index (κ3) is 4.43. The minimum atomic E-state index is -3.47. The number of hydrogen-bond acceptors (Lipinski definition) is 4. The Kier molecular flexibility index (Phi) is 6.11. The quantitative estimate of drug-likeness (QED) is 0.781. The van der Waals surface area contributed by atoms with Crippen LogP contribution in [0.3, 0.4) is 0 Å². The molecule has 1 N–H and O–H groups in total. The lowest BCUT2D eigenvalue weighted by Gasteiger charge is -2.08. The second-order valence-corrected chi connectivity index (χ2v) is 6.99. The molecule has 0 aliphatic heterocycles. The van der Waals surface area contributed by atoms with E-state index in [0.29, 0.717) is 18.7 Å². The highest BCUT2D eigenvalue weighted by molar-refractivity contribution is 7.89. The lowest BCUT2D eigenvalue weighted by molar-refractivity contribution is 0.0526. The van der Waals surface area contributed by atoms with Crippen molar-refractivity contribution in [3.05, 3.63) is 54.1 Å². The molecule has 128 valence electrons. The highest BCUT2D eigenvalue weighted by Gasteiger charge is 2.13. The summed E-state index contributed by atoms with van der Waals surface area (Å²) in [6, 6.07) is 13.6. The van der Waals surface area contributed by atoms with Crippen LogP contribution in [0.2, 0.25) is 0 Å². The van der Waals surface area contributed by atoms with Crippen molar-refractivity contribution in [2.45, 2.75) is 25.2 Å². The molecule has 0 spiro atoms. The lowest BCUT2D eigenvalue weighted by Crippen LogP contribution is -2.24. The Morgan fingerprint density at radius 1 is 1.04 bits per heavy atom. The van der Waals surface area contributed by atoms with Crippen LogP contribution in [0, 0.1) is 0 Å². The van der Waals surface area contributed by atoms with E-state index in [1.807, 2.05) is 13.0 Å². The molecule has 0 fully saturated rings. The molecule has 0 atom stereocenters. The first-order valence-corrected chi connectivity index (χ1v) is 9.33. The fourth-order valence-electron chi connectivity index (χ4n) is 2.19. The van der Waals surface area contributed by atoms with Crippen molar-refractivity contribution >= 4 is 16.0 Å². The van der Waals surface area contributed by atoms with Crippen molar-refractivity contribution in [2.75, 3.05) is 13.2 Å². The van der Waals surface area contributed by atoms with Gasteiger partial charge in [-0.1, -0.05) is 31.2 Å². The Morgan fingerprint density at radius 3 is 2.38 bits per heavy atom. The fourth-order valence-corrected chi connectivity index (χ4v) is 3.32. The molecule has 0 saturated heterocycles. The molecular formula is C18H21NO4S. The number of carbonyl (C=O) groups excluding carboxylic acids is 1. The number of nitrogens with one attached hydrogen (secondary N) is 1. The predicted octanol–water partition coefficient (Wildman–Crippen LogP) is 3.22. The molecule has 0 aliphatic rings. The molecule has 6 heteroatoms. The monoisotopic (exact) mass is 347 g/mol. The minimum absolute atomic E-state index is 0.223. The normalized spacial score (nSPS) is 11.2. The van der Waals surface area contributed by atoms with Gasteiger partial charge in [-0.05, 0) is 48.7 Å². The molecule has 2 aromatic carbocycles. The van der Waals surface area contributed by atoms with Crippen LogP contribution in [0.25, 0.3) is 11.1 Å². The van der Waals surface area contributed by atoms with Crippen LogP contribution in [-0.4, -0.2) is 27.5 Å². The van der Waals surface area contributed by atoms with Crippen LogP contribution in [0.4, 0.5) is 0 Å². The maximum Gasteiger partial charge on any atom is 0.338 e. The molecule has 0 saturated carbocycles. The van der Waals surface area contributed by atoms with E-state index >= 15 is 0 Å². The zero-order chi connectivity index (χ0) is 17.6. The molecule has 0 aromatic heterocycles. The Hall–Kier alpha value is -2.18. The first-order chi connectivity index (χ1) is 11.5. The van der Waals surface area contributed by atoms with Crippen LogP contribution < -0.4 is 4.72 Å². The molecule has 2 aromatic rings.